The maximum absolute atomic E-state index is 13.4. The average Bonchev–Trinajstić information content (AvgIpc) is 3.55. The van der Waals surface area contributed by atoms with Crippen molar-refractivity contribution in [3.05, 3.63) is 66.0 Å². The van der Waals surface area contributed by atoms with Crippen LogP contribution in [0.4, 0.5) is 5.69 Å². The highest BCUT2D eigenvalue weighted by atomic mass is 32.2. The number of thioether (sulfide) groups is 1. The van der Waals surface area contributed by atoms with Gasteiger partial charge in [-0.3, -0.25) is 9.36 Å². The van der Waals surface area contributed by atoms with Gasteiger partial charge in [-0.2, -0.15) is 5.26 Å². The van der Waals surface area contributed by atoms with Gasteiger partial charge in [0.25, 0.3) is 0 Å². The summed E-state index contributed by atoms with van der Waals surface area (Å²) in [6.45, 7) is 4.26. The van der Waals surface area contributed by atoms with Crippen molar-refractivity contribution in [1.29, 1.82) is 5.26 Å². The lowest BCUT2D eigenvalue weighted by Gasteiger charge is -2.25. The fraction of sp³-hybridized carbons (Fsp3) is 0.333. The van der Waals surface area contributed by atoms with Crippen molar-refractivity contribution in [3.8, 4) is 11.8 Å². The molecule has 31 heavy (non-hydrogen) atoms. The van der Waals surface area contributed by atoms with Gasteiger partial charge < -0.3 is 4.90 Å². The number of hydrogen-bond acceptors (Lipinski definition) is 5. The van der Waals surface area contributed by atoms with Crippen molar-refractivity contribution in [1.82, 2.24) is 14.8 Å². The molecule has 1 amide bonds. The number of nitrogens with zero attached hydrogens (tertiary/aromatic N) is 5. The standard InChI is InChI=1S/C24H25N5OS/c1-17-9-13-20(14-10-17)28(16-6-15-25)23(30)18(2)31-24-27-26-22(19-11-12-19)29(24)21-7-4-3-5-8-21/h3-5,7-10,13-14,18-19H,6,11-12,16H2,1-2H3/t18-/m0/s1. The van der Waals surface area contributed by atoms with Crippen molar-refractivity contribution in [3.63, 3.8) is 0 Å². The van der Waals surface area contributed by atoms with E-state index in [1.807, 2.05) is 68.4 Å². The van der Waals surface area contributed by atoms with E-state index in [0.29, 0.717) is 12.5 Å². The minimum atomic E-state index is -0.376. The molecule has 0 bridgehead atoms. The first-order valence-electron chi connectivity index (χ1n) is 10.5. The van der Waals surface area contributed by atoms with Crippen LogP contribution in [0.3, 0.4) is 0 Å². The molecule has 1 atom stereocenters. The molecule has 0 saturated heterocycles. The van der Waals surface area contributed by atoms with Crippen LogP contribution in [0.25, 0.3) is 5.69 Å². The first-order chi connectivity index (χ1) is 15.1. The summed E-state index contributed by atoms with van der Waals surface area (Å²) in [5.74, 6) is 1.36. The van der Waals surface area contributed by atoms with Gasteiger partial charge in [-0.1, -0.05) is 47.7 Å². The Morgan fingerprint density at radius 1 is 1.19 bits per heavy atom. The van der Waals surface area contributed by atoms with E-state index >= 15 is 0 Å². The lowest BCUT2D eigenvalue weighted by atomic mass is 10.2. The third-order valence-corrected chi connectivity index (χ3v) is 6.33. The molecular weight excluding hydrogens is 406 g/mol. The molecule has 1 saturated carbocycles. The van der Waals surface area contributed by atoms with E-state index in [1.165, 1.54) is 11.8 Å². The second kappa shape index (κ2) is 9.36. The van der Waals surface area contributed by atoms with Gasteiger partial charge in [0.1, 0.15) is 5.82 Å². The van der Waals surface area contributed by atoms with Gasteiger partial charge in [-0.05, 0) is 51.0 Å². The molecule has 1 heterocycles. The van der Waals surface area contributed by atoms with Crippen LogP contribution in [0.1, 0.15) is 43.5 Å². The van der Waals surface area contributed by atoms with Gasteiger partial charge in [0.15, 0.2) is 5.16 Å². The number of nitriles is 1. The van der Waals surface area contributed by atoms with Crippen LogP contribution < -0.4 is 4.90 Å². The molecular formula is C24H25N5OS. The molecule has 6 nitrogen and oxygen atoms in total. The van der Waals surface area contributed by atoms with Crippen LogP contribution in [0, 0.1) is 18.3 Å². The Labute approximate surface area is 186 Å². The van der Waals surface area contributed by atoms with Gasteiger partial charge in [-0.25, -0.2) is 0 Å². The Morgan fingerprint density at radius 3 is 2.55 bits per heavy atom. The molecule has 1 aromatic heterocycles. The quantitative estimate of drug-likeness (QED) is 0.475. The first kappa shape index (κ1) is 21.1. The zero-order valence-corrected chi connectivity index (χ0v) is 18.5. The predicted octanol–water partition coefficient (Wildman–Crippen LogP) is 4.88. The Hall–Kier alpha value is -3.11. The van der Waals surface area contributed by atoms with Crippen molar-refractivity contribution in [2.45, 2.75) is 49.4 Å². The summed E-state index contributed by atoms with van der Waals surface area (Å²) in [5, 5.41) is 18.3. The van der Waals surface area contributed by atoms with Crippen LogP contribution in [-0.4, -0.2) is 32.5 Å². The van der Waals surface area contributed by atoms with Crippen LogP contribution in [0.15, 0.2) is 59.8 Å². The first-order valence-corrected chi connectivity index (χ1v) is 11.4. The molecule has 0 aliphatic heterocycles. The minimum Gasteiger partial charge on any atom is -0.310 e. The summed E-state index contributed by atoms with van der Waals surface area (Å²) in [6.07, 6.45) is 2.53. The van der Waals surface area contributed by atoms with Crippen LogP contribution >= 0.6 is 11.8 Å². The van der Waals surface area contributed by atoms with Gasteiger partial charge in [0, 0.05) is 23.8 Å². The SMILES string of the molecule is Cc1ccc(N(CCC#N)C(=O)[C@H](C)Sc2nnc(C3CC3)n2-c2ccccc2)cc1. The Bertz CT molecular complexity index is 1080. The maximum atomic E-state index is 13.4. The third kappa shape index (κ3) is 4.80. The Kier molecular flexibility index (Phi) is 6.38. The van der Waals surface area contributed by atoms with E-state index in [9.17, 15) is 4.79 Å². The van der Waals surface area contributed by atoms with E-state index < -0.39 is 0 Å². The number of anilines is 1. The second-order valence-corrected chi connectivity index (χ2v) is 9.09. The minimum absolute atomic E-state index is 0.0420. The molecule has 4 rings (SSSR count). The van der Waals surface area contributed by atoms with E-state index in [-0.39, 0.29) is 17.6 Å². The van der Waals surface area contributed by atoms with Crippen molar-refractivity contribution in [2.75, 3.05) is 11.4 Å². The molecule has 7 heteroatoms. The number of aromatic nitrogens is 3. The average molecular weight is 432 g/mol. The normalized spacial score (nSPS) is 14.1. The smallest absolute Gasteiger partial charge is 0.240 e. The number of aryl methyl sites for hydroxylation is 1. The molecule has 0 spiro atoms. The summed E-state index contributed by atoms with van der Waals surface area (Å²) in [4.78, 5) is 15.1. The molecule has 158 valence electrons. The molecule has 1 aliphatic carbocycles. The summed E-state index contributed by atoms with van der Waals surface area (Å²) in [7, 11) is 0. The molecule has 0 N–H and O–H groups in total. The zero-order valence-electron chi connectivity index (χ0n) is 17.7. The van der Waals surface area contributed by atoms with Gasteiger partial charge in [0.05, 0.1) is 17.7 Å². The third-order valence-electron chi connectivity index (χ3n) is 5.30. The number of hydrogen-bond donors (Lipinski definition) is 0. The fourth-order valence-electron chi connectivity index (χ4n) is 3.46. The van der Waals surface area contributed by atoms with Crippen LogP contribution in [0.2, 0.25) is 0 Å². The topological polar surface area (TPSA) is 74.8 Å². The number of amides is 1. The highest BCUT2D eigenvalue weighted by Crippen LogP contribution is 2.41. The second-order valence-electron chi connectivity index (χ2n) is 7.78. The monoisotopic (exact) mass is 431 g/mol. The summed E-state index contributed by atoms with van der Waals surface area (Å²) < 4.78 is 2.08. The van der Waals surface area contributed by atoms with E-state index in [4.69, 9.17) is 5.26 Å². The Balaban J connectivity index is 1.59. The lowest BCUT2D eigenvalue weighted by Crippen LogP contribution is -2.37. The molecule has 2 aromatic carbocycles. The number of rotatable bonds is 8. The Morgan fingerprint density at radius 2 is 1.90 bits per heavy atom. The van der Waals surface area contributed by atoms with Crippen molar-refractivity contribution < 1.29 is 4.79 Å². The van der Waals surface area contributed by atoms with E-state index in [1.54, 1.807) is 4.90 Å². The zero-order chi connectivity index (χ0) is 21.8. The number of para-hydroxylation sites is 1. The van der Waals surface area contributed by atoms with Gasteiger partial charge >= 0.3 is 0 Å². The highest BCUT2D eigenvalue weighted by Gasteiger charge is 2.32. The molecule has 0 radical (unpaired) electrons. The summed E-state index contributed by atoms with van der Waals surface area (Å²) >= 11 is 1.41. The number of carbonyl (C=O) groups excluding carboxylic acids is 1. The highest BCUT2D eigenvalue weighted by molar-refractivity contribution is 8.00. The molecule has 1 fully saturated rings. The molecule has 0 unspecified atom stereocenters. The summed E-state index contributed by atoms with van der Waals surface area (Å²) in [6, 6.07) is 20.0. The largest absolute Gasteiger partial charge is 0.310 e. The maximum Gasteiger partial charge on any atom is 0.240 e. The number of benzene rings is 2. The molecule has 1 aliphatic rings. The van der Waals surface area contributed by atoms with Crippen molar-refractivity contribution in [2.24, 2.45) is 0 Å². The van der Waals surface area contributed by atoms with Crippen LogP contribution in [-0.2, 0) is 4.79 Å². The van der Waals surface area contributed by atoms with E-state index in [2.05, 4.69) is 20.8 Å². The number of carbonyl (C=O) groups is 1. The van der Waals surface area contributed by atoms with Crippen molar-refractivity contribution >= 4 is 23.4 Å². The fourth-order valence-corrected chi connectivity index (χ4v) is 4.40. The van der Waals surface area contributed by atoms with Gasteiger partial charge in [-0.15, -0.1) is 10.2 Å². The van der Waals surface area contributed by atoms with Crippen LogP contribution in [0.5, 0.6) is 0 Å². The molecule has 3 aromatic rings. The van der Waals surface area contributed by atoms with Gasteiger partial charge in [0.2, 0.25) is 5.91 Å². The predicted molar refractivity (Wildman–Crippen MR) is 122 cm³/mol. The van der Waals surface area contributed by atoms with E-state index in [0.717, 1.165) is 40.8 Å². The summed E-state index contributed by atoms with van der Waals surface area (Å²) in [5.41, 5.74) is 2.94. The lowest BCUT2D eigenvalue weighted by molar-refractivity contribution is -0.117.